The monoisotopic (exact) mass is 531 g/mol. The zero-order valence-electron chi connectivity index (χ0n) is 23.0. The van der Waals surface area contributed by atoms with Gasteiger partial charge in [-0.2, -0.15) is 0 Å². The molecule has 2 heterocycles. The zero-order chi connectivity index (χ0) is 27.2. The summed E-state index contributed by atoms with van der Waals surface area (Å²) in [6.07, 6.45) is 8.04. The van der Waals surface area contributed by atoms with Gasteiger partial charge in [0.05, 0.1) is 6.67 Å². The van der Waals surface area contributed by atoms with Crippen molar-refractivity contribution < 1.29 is 14.4 Å². The highest BCUT2D eigenvalue weighted by atomic mass is 16.2. The van der Waals surface area contributed by atoms with Crippen LogP contribution in [0, 0.1) is 5.92 Å². The number of hydrogen-bond donors (Lipinski definition) is 2. The minimum absolute atomic E-state index is 0.0186. The molecular formula is C31H41N5O3. The van der Waals surface area contributed by atoms with Crippen LogP contribution < -0.4 is 15.5 Å². The Bertz CT molecular complexity index is 1160. The highest BCUT2D eigenvalue weighted by Crippen LogP contribution is 2.39. The van der Waals surface area contributed by atoms with Crippen molar-refractivity contribution in [1.29, 1.82) is 0 Å². The molecule has 2 aromatic rings. The average Bonchev–Trinajstić information content (AvgIpc) is 3.23. The number of rotatable bonds is 7. The van der Waals surface area contributed by atoms with Crippen LogP contribution in [0.2, 0.25) is 0 Å². The van der Waals surface area contributed by atoms with E-state index in [1.54, 1.807) is 9.80 Å². The first-order valence-electron chi connectivity index (χ1n) is 14.5. The summed E-state index contributed by atoms with van der Waals surface area (Å²) in [7, 11) is 0. The maximum Gasteiger partial charge on any atom is 0.321 e. The predicted molar refractivity (Wildman–Crippen MR) is 153 cm³/mol. The molecule has 1 spiro atoms. The lowest BCUT2D eigenvalue weighted by Gasteiger charge is -2.43. The van der Waals surface area contributed by atoms with E-state index in [9.17, 15) is 14.4 Å². The second-order valence-corrected chi connectivity index (χ2v) is 11.2. The van der Waals surface area contributed by atoms with Gasteiger partial charge >= 0.3 is 6.03 Å². The van der Waals surface area contributed by atoms with Crippen LogP contribution in [-0.2, 0) is 16.0 Å². The third kappa shape index (κ3) is 6.05. The third-order valence-electron chi connectivity index (χ3n) is 8.69. The molecule has 0 atom stereocenters. The van der Waals surface area contributed by atoms with Gasteiger partial charge in [-0.15, -0.1) is 0 Å². The number of urea groups is 1. The van der Waals surface area contributed by atoms with E-state index in [4.69, 9.17) is 0 Å². The number of anilines is 2. The largest absolute Gasteiger partial charge is 0.354 e. The summed E-state index contributed by atoms with van der Waals surface area (Å²) in [5, 5.41) is 6.11. The van der Waals surface area contributed by atoms with Crippen molar-refractivity contribution >= 4 is 29.2 Å². The van der Waals surface area contributed by atoms with Crippen molar-refractivity contribution in [3.05, 3.63) is 60.2 Å². The third-order valence-corrected chi connectivity index (χ3v) is 8.69. The molecule has 1 aliphatic carbocycles. The molecule has 8 heteroatoms. The normalized spacial score (nSPS) is 19.4. The quantitative estimate of drug-likeness (QED) is 0.546. The molecule has 4 amide bonds. The highest BCUT2D eigenvalue weighted by Gasteiger charge is 2.54. The first kappa shape index (κ1) is 27.0. The van der Waals surface area contributed by atoms with E-state index in [1.807, 2.05) is 54.6 Å². The van der Waals surface area contributed by atoms with E-state index in [1.165, 1.54) is 37.7 Å². The summed E-state index contributed by atoms with van der Waals surface area (Å²) in [4.78, 5) is 45.5. The Labute approximate surface area is 231 Å². The number of benzene rings is 2. The molecule has 0 radical (unpaired) electrons. The Balaban J connectivity index is 1.25. The smallest absolute Gasteiger partial charge is 0.321 e. The van der Waals surface area contributed by atoms with Gasteiger partial charge < -0.3 is 25.3 Å². The minimum atomic E-state index is -0.760. The standard InChI is InChI=1S/C31H41N5O3/c1-2-24-12-9-13-26(20-24)33-30(39)34-18-16-31(17-19-34)29(38)35(23-36(31)27-14-7-4-8-15-27)22-28(37)32-21-25-10-5-3-6-11-25/h4,7-9,12-15,20,25H,2-3,5-6,10-11,16-19,21-23H2,1H3,(H,32,37)(H,33,39). The number of para-hydroxylation sites is 1. The van der Waals surface area contributed by atoms with Crippen LogP contribution in [0.5, 0.6) is 0 Å². The van der Waals surface area contributed by atoms with Gasteiger partial charge in [-0.1, -0.05) is 56.5 Å². The molecule has 208 valence electrons. The van der Waals surface area contributed by atoms with Crippen molar-refractivity contribution in [2.24, 2.45) is 5.92 Å². The molecular weight excluding hydrogens is 490 g/mol. The summed E-state index contributed by atoms with van der Waals surface area (Å²) in [5.41, 5.74) is 2.16. The Morgan fingerprint density at radius 2 is 1.72 bits per heavy atom. The fraction of sp³-hybridized carbons (Fsp3) is 0.516. The molecule has 2 N–H and O–H groups in total. The molecule has 0 aromatic heterocycles. The van der Waals surface area contributed by atoms with Crippen LogP contribution in [0.1, 0.15) is 57.4 Å². The number of hydrogen-bond acceptors (Lipinski definition) is 4. The van der Waals surface area contributed by atoms with Gasteiger partial charge in [0.15, 0.2) is 0 Å². The summed E-state index contributed by atoms with van der Waals surface area (Å²) in [6, 6.07) is 17.7. The van der Waals surface area contributed by atoms with Crippen molar-refractivity contribution in [2.45, 2.75) is 63.8 Å². The summed E-state index contributed by atoms with van der Waals surface area (Å²) < 4.78 is 0. The van der Waals surface area contributed by atoms with Gasteiger partial charge in [-0.05, 0) is 67.9 Å². The fourth-order valence-electron chi connectivity index (χ4n) is 6.35. The first-order valence-corrected chi connectivity index (χ1v) is 14.5. The topological polar surface area (TPSA) is 85.0 Å². The van der Waals surface area contributed by atoms with Crippen LogP contribution >= 0.6 is 0 Å². The molecule has 5 rings (SSSR count). The number of carbonyl (C=O) groups excluding carboxylic acids is 3. The Morgan fingerprint density at radius 3 is 2.44 bits per heavy atom. The Kier molecular flexibility index (Phi) is 8.38. The zero-order valence-corrected chi connectivity index (χ0v) is 23.0. The van der Waals surface area contributed by atoms with Crippen LogP contribution in [0.15, 0.2) is 54.6 Å². The predicted octanol–water partition coefficient (Wildman–Crippen LogP) is 4.62. The molecule has 2 aromatic carbocycles. The van der Waals surface area contributed by atoms with Gasteiger partial charge in [-0.3, -0.25) is 9.59 Å². The second-order valence-electron chi connectivity index (χ2n) is 11.2. The van der Waals surface area contributed by atoms with Crippen molar-refractivity contribution in [3.63, 3.8) is 0 Å². The number of nitrogens with one attached hydrogen (secondary N) is 2. The van der Waals surface area contributed by atoms with E-state index in [0.717, 1.165) is 17.8 Å². The highest BCUT2D eigenvalue weighted by molar-refractivity contribution is 5.97. The van der Waals surface area contributed by atoms with Gasteiger partial charge in [0.2, 0.25) is 5.91 Å². The molecule has 1 saturated carbocycles. The van der Waals surface area contributed by atoms with Gasteiger partial charge in [0.25, 0.3) is 5.91 Å². The van der Waals surface area contributed by atoms with Gasteiger partial charge in [0.1, 0.15) is 12.1 Å². The van der Waals surface area contributed by atoms with Crippen LogP contribution in [0.3, 0.4) is 0 Å². The SMILES string of the molecule is CCc1cccc(NC(=O)N2CCC3(CC2)C(=O)N(CC(=O)NCC2CCCCC2)CN3c2ccccc2)c1. The lowest BCUT2D eigenvalue weighted by molar-refractivity contribution is -0.137. The first-order chi connectivity index (χ1) is 19.0. The van der Waals surface area contributed by atoms with Gasteiger partial charge in [-0.25, -0.2) is 4.79 Å². The maximum absolute atomic E-state index is 13.9. The van der Waals surface area contributed by atoms with Gasteiger partial charge in [0, 0.05) is 31.0 Å². The molecule has 8 nitrogen and oxygen atoms in total. The molecule has 3 fully saturated rings. The lowest BCUT2D eigenvalue weighted by Crippen LogP contribution is -2.58. The summed E-state index contributed by atoms with van der Waals surface area (Å²) >= 11 is 0. The number of aryl methyl sites for hydroxylation is 1. The number of amides is 4. The van der Waals surface area contributed by atoms with E-state index in [-0.39, 0.29) is 24.4 Å². The number of piperidine rings is 1. The van der Waals surface area contributed by atoms with E-state index >= 15 is 0 Å². The van der Waals surface area contributed by atoms with Crippen molar-refractivity contribution in [2.75, 3.05) is 43.1 Å². The minimum Gasteiger partial charge on any atom is -0.354 e. The average molecular weight is 532 g/mol. The number of nitrogens with zero attached hydrogens (tertiary/aromatic N) is 3. The Morgan fingerprint density at radius 1 is 0.974 bits per heavy atom. The van der Waals surface area contributed by atoms with Crippen molar-refractivity contribution in [3.8, 4) is 0 Å². The molecule has 2 saturated heterocycles. The van der Waals surface area contributed by atoms with Crippen LogP contribution in [-0.4, -0.2) is 66.0 Å². The lowest BCUT2D eigenvalue weighted by atomic mass is 9.85. The summed E-state index contributed by atoms with van der Waals surface area (Å²) in [5.74, 6) is 0.434. The van der Waals surface area contributed by atoms with Crippen LogP contribution in [0.25, 0.3) is 0 Å². The fourth-order valence-corrected chi connectivity index (χ4v) is 6.35. The summed E-state index contributed by atoms with van der Waals surface area (Å²) in [6.45, 7) is 4.15. The van der Waals surface area contributed by atoms with E-state index in [0.29, 0.717) is 45.1 Å². The van der Waals surface area contributed by atoms with Crippen molar-refractivity contribution in [1.82, 2.24) is 15.1 Å². The molecule has 0 bridgehead atoms. The maximum atomic E-state index is 13.9. The molecule has 39 heavy (non-hydrogen) atoms. The van der Waals surface area contributed by atoms with E-state index < -0.39 is 5.54 Å². The molecule has 0 unspecified atom stereocenters. The van der Waals surface area contributed by atoms with Crippen LogP contribution in [0.4, 0.5) is 16.2 Å². The molecule has 2 aliphatic heterocycles. The van der Waals surface area contributed by atoms with E-state index in [2.05, 4.69) is 22.5 Å². The number of carbonyl (C=O) groups is 3. The Hall–Kier alpha value is -3.55. The number of likely N-dealkylation sites (tertiary alicyclic amines) is 1. The second kappa shape index (κ2) is 12.1. The molecule has 3 aliphatic rings.